The molecule has 3 heterocycles. The van der Waals surface area contributed by atoms with Gasteiger partial charge in [-0.1, -0.05) is 41.0 Å². The molecular formula is C19H14Cl2N6OS. The van der Waals surface area contributed by atoms with Crippen molar-refractivity contribution in [1.29, 1.82) is 0 Å². The first-order valence-electron chi connectivity index (χ1n) is 8.49. The molecule has 3 aromatic heterocycles. The molecule has 0 saturated heterocycles. The molecule has 1 amide bonds. The van der Waals surface area contributed by atoms with Crippen LogP contribution in [0.2, 0.25) is 10.0 Å². The summed E-state index contributed by atoms with van der Waals surface area (Å²) in [5.41, 5.74) is 1.33. The van der Waals surface area contributed by atoms with E-state index in [2.05, 4.69) is 20.5 Å². The van der Waals surface area contributed by atoms with Crippen LogP contribution in [0.1, 0.15) is 0 Å². The van der Waals surface area contributed by atoms with Gasteiger partial charge in [-0.15, -0.1) is 10.2 Å². The second-order valence-electron chi connectivity index (χ2n) is 5.86. The first-order chi connectivity index (χ1) is 14.1. The van der Waals surface area contributed by atoms with Gasteiger partial charge in [-0.3, -0.25) is 14.5 Å². The lowest BCUT2D eigenvalue weighted by Crippen LogP contribution is -2.16. The number of thioether (sulfide) groups is 1. The van der Waals surface area contributed by atoms with Crippen molar-refractivity contribution in [2.75, 3.05) is 11.1 Å². The Morgan fingerprint density at radius 2 is 1.79 bits per heavy atom. The summed E-state index contributed by atoms with van der Waals surface area (Å²) in [6.07, 6.45) is 7.14. The van der Waals surface area contributed by atoms with E-state index < -0.39 is 0 Å². The van der Waals surface area contributed by atoms with Crippen molar-refractivity contribution >= 4 is 46.6 Å². The molecule has 1 aromatic carbocycles. The summed E-state index contributed by atoms with van der Waals surface area (Å²) in [5.74, 6) is 0.537. The summed E-state index contributed by atoms with van der Waals surface area (Å²) in [6, 6.07) is 12.6. The van der Waals surface area contributed by atoms with Crippen molar-refractivity contribution < 1.29 is 4.79 Å². The smallest absolute Gasteiger partial charge is 0.234 e. The Morgan fingerprint density at radius 3 is 2.55 bits per heavy atom. The van der Waals surface area contributed by atoms with Crippen LogP contribution < -0.4 is 5.32 Å². The van der Waals surface area contributed by atoms with Crippen molar-refractivity contribution in [1.82, 2.24) is 24.5 Å². The fourth-order valence-electron chi connectivity index (χ4n) is 2.62. The zero-order valence-electron chi connectivity index (χ0n) is 14.9. The second kappa shape index (κ2) is 8.69. The van der Waals surface area contributed by atoms with Gasteiger partial charge >= 0.3 is 0 Å². The van der Waals surface area contributed by atoms with Gasteiger partial charge in [0.25, 0.3) is 0 Å². The molecule has 0 fully saturated rings. The van der Waals surface area contributed by atoms with Crippen molar-refractivity contribution in [3.63, 3.8) is 0 Å². The normalized spacial score (nSPS) is 10.8. The van der Waals surface area contributed by atoms with Crippen LogP contribution in [0.25, 0.3) is 11.4 Å². The zero-order valence-corrected chi connectivity index (χ0v) is 17.2. The largest absolute Gasteiger partial charge is 0.324 e. The Balaban J connectivity index is 1.55. The van der Waals surface area contributed by atoms with Crippen LogP contribution in [-0.2, 0) is 4.79 Å². The fourth-order valence-corrected chi connectivity index (χ4v) is 3.70. The van der Waals surface area contributed by atoms with E-state index in [1.165, 1.54) is 11.8 Å². The van der Waals surface area contributed by atoms with Gasteiger partial charge in [0.2, 0.25) is 11.1 Å². The lowest BCUT2D eigenvalue weighted by atomic mass is 10.2. The van der Waals surface area contributed by atoms with Crippen LogP contribution in [0.15, 0.2) is 72.4 Å². The van der Waals surface area contributed by atoms with Gasteiger partial charge in [-0.05, 0) is 36.4 Å². The fraction of sp³-hybridized carbons (Fsp3) is 0.0526. The predicted molar refractivity (Wildman–Crippen MR) is 114 cm³/mol. The Bertz CT molecular complexity index is 1130. The summed E-state index contributed by atoms with van der Waals surface area (Å²) in [4.78, 5) is 16.5. The number of halogens is 2. The van der Waals surface area contributed by atoms with Gasteiger partial charge in [0, 0.05) is 30.4 Å². The van der Waals surface area contributed by atoms with Crippen LogP contribution in [0.5, 0.6) is 0 Å². The van der Waals surface area contributed by atoms with Gasteiger partial charge in [0.15, 0.2) is 5.82 Å². The molecule has 0 radical (unpaired) electrons. The quantitative estimate of drug-likeness (QED) is 0.443. The minimum absolute atomic E-state index is 0.124. The Kier molecular flexibility index (Phi) is 5.84. The molecule has 29 heavy (non-hydrogen) atoms. The number of amides is 1. The molecule has 0 aliphatic heterocycles. The molecule has 4 rings (SSSR count). The molecule has 0 aliphatic carbocycles. The molecular weight excluding hydrogens is 431 g/mol. The van der Waals surface area contributed by atoms with Gasteiger partial charge in [-0.25, -0.2) is 4.68 Å². The molecule has 0 bridgehead atoms. The SMILES string of the molecule is O=C(CSc1nnc(-c2ccncc2)n1-n1cccc1)Nc1cccc(Cl)c1Cl. The summed E-state index contributed by atoms with van der Waals surface area (Å²) in [5, 5.41) is 12.6. The van der Waals surface area contributed by atoms with Crippen molar-refractivity contribution in [2.45, 2.75) is 5.16 Å². The third-order valence-electron chi connectivity index (χ3n) is 3.93. The molecule has 1 N–H and O–H groups in total. The highest BCUT2D eigenvalue weighted by Gasteiger charge is 2.17. The van der Waals surface area contributed by atoms with E-state index in [0.29, 0.717) is 26.7 Å². The summed E-state index contributed by atoms with van der Waals surface area (Å²) >= 11 is 13.4. The van der Waals surface area contributed by atoms with Crippen LogP contribution >= 0.6 is 35.0 Å². The Morgan fingerprint density at radius 1 is 1.03 bits per heavy atom. The summed E-state index contributed by atoms with van der Waals surface area (Å²) in [6.45, 7) is 0. The number of carbonyl (C=O) groups is 1. The monoisotopic (exact) mass is 444 g/mol. The first kappa shape index (κ1) is 19.5. The number of rotatable bonds is 6. The van der Waals surface area contributed by atoms with E-state index in [9.17, 15) is 4.79 Å². The number of carbonyl (C=O) groups excluding carboxylic acids is 1. The minimum Gasteiger partial charge on any atom is -0.324 e. The molecule has 0 aliphatic rings. The lowest BCUT2D eigenvalue weighted by molar-refractivity contribution is -0.113. The van der Waals surface area contributed by atoms with E-state index >= 15 is 0 Å². The maximum atomic E-state index is 12.4. The number of hydrogen-bond donors (Lipinski definition) is 1. The van der Waals surface area contributed by atoms with Crippen molar-refractivity contribution in [2.24, 2.45) is 0 Å². The molecule has 4 aromatic rings. The number of nitrogens with zero attached hydrogens (tertiary/aromatic N) is 5. The first-order valence-corrected chi connectivity index (χ1v) is 10.2. The molecule has 146 valence electrons. The average molecular weight is 445 g/mol. The third-order valence-corrected chi connectivity index (χ3v) is 5.67. The highest BCUT2D eigenvalue weighted by atomic mass is 35.5. The molecule has 0 atom stereocenters. The number of anilines is 1. The summed E-state index contributed by atoms with van der Waals surface area (Å²) < 4.78 is 3.68. The van der Waals surface area contributed by atoms with Crippen molar-refractivity contribution in [3.8, 4) is 11.4 Å². The number of pyridine rings is 1. The maximum absolute atomic E-state index is 12.4. The standard InChI is InChI=1S/C19H14Cl2N6OS/c20-14-4-3-5-15(17(14)21)23-16(28)12-29-19-25-24-18(13-6-8-22-9-7-13)27(19)26-10-1-2-11-26/h1-11H,12H2,(H,23,28). The van der Waals surface area contributed by atoms with Gasteiger partial charge < -0.3 is 5.32 Å². The van der Waals surface area contributed by atoms with Crippen molar-refractivity contribution in [3.05, 3.63) is 77.3 Å². The number of aromatic nitrogens is 5. The number of nitrogens with one attached hydrogen (secondary N) is 1. The van der Waals surface area contributed by atoms with E-state index in [4.69, 9.17) is 23.2 Å². The highest BCUT2D eigenvalue weighted by molar-refractivity contribution is 7.99. The number of benzene rings is 1. The minimum atomic E-state index is -0.230. The third kappa shape index (κ3) is 4.29. The zero-order chi connectivity index (χ0) is 20.2. The van der Waals surface area contributed by atoms with E-state index in [1.807, 2.05) is 46.0 Å². The van der Waals surface area contributed by atoms with Gasteiger partial charge in [0.1, 0.15) is 0 Å². The van der Waals surface area contributed by atoms with Gasteiger partial charge in [-0.2, -0.15) is 0 Å². The average Bonchev–Trinajstić information content (AvgIpc) is 3.40. The topological polar surface area (TPSA) is 77.6 Å². The Labute approximate surface area is 180 Å². The van der Waals surface area contributed by atoms with Crippen LogP contribution in [0, 0.1) is 0 Å². The predicted octanol–water partition coefficient (Wildman–Crippen LogP) is 4.49. The van der Waals surface area contributed by atoms with E-state index in [0.717, 1.165) is 5.56 Å². The van der Waals surface area contributed by atoms with E-state index in [1.54, 1.807) is 30.6 Å². The molecule has 10 heteroatoms. The van der Waals surface area contributed by atoms with Gasteiger partial charge in [0.05, 0.1) is 21.5 Å². The lowest BCUT2D eigenvalue weighted by Gasteiger charge is -2.11. The number of hydrogen-bond acceptors (Lipinski definition) is 5. The maximum Gasteiger partial charge on any atom is 0.234 e. The van der Waals surface area contributed by atoms with Crippen LogP contribution in [0.4, 0.5) is 5.69 Å². The van der Waals surface area contributed by atoms with E-state index in [-0.39, 0.29) is 11.7 Å². The second-order valence-corrected chi connectivity index (χ2v) is 7.58. The summed E-state index contributed by atoms with van der Waals surface area (Å²) in [7, 11) is 0. The van der Waals surface area contributed by atoms with Crippen LogP contribution in [-0.4, -0.2) is 36.2 Å². The molecule has 7 nitrogen and oxygen atoms in total. The molecule has 0 unspecified atom stereocenters. The molecule has 0 saturated carbocycles. The Hall–Kier alpha value is -2.81. The molecule has 0 spiro atoms. The van der Waals surface area contributed by atoms with Crippen LogP contribution in [0.3, 0.4) is 0 Å². The highest BCUT2D eigenvalue weighted by Crippen LogP contribution is 2.30.